The molecule has 0 unspecified atom stereocenters. The molecular formula is C21H24N4OS. The Morgan fingerprint density at radius 1 is 1.19 bits per heavy atom. The first-order chi connectivity index (χ1) is 13.2. The molecule has 0 aliphatic heterocycles. The first-order valence-electron chi connectivity index (χ1n) is 8.81. The second-order valence-electron chi connectivity index (χ2n) is 6.18. The molecule has 0 saturated carbocycles. The van der Waals surface area contributed by atoms with E-state index in [1.807, 2.05) is 31.2 Å². The molecule has 5 nitrogen and oxygen atoms in total. The number of para-hydroxylation sites is 1. The monoisotopic (exact) mass is 380 g/mol. The van der Waals surface area contributed by atoms with E-state index in [2.05, 4.69) is 44.9 Å². The summed E-state index contributed by atoms with van der Waals surface area (Å²) in [5, 5.41) is 6.32. The average Bonchev–Trinajstić information content (AvgIpc) is 3.10. The Labute approximate surface area is 163 Å². The van der Waals surface area contributed by atoms with Crippen molar-refractivity contribution in [3.8, 4) is 11.3 Å². The maximum Gasteiger partial charge on any atom is 0.193 e. The van der Waals surface area contributed by atoms with Gasteiger partial charge in [0.1, 0.15) is 0 Å². The lowest BCUT2D eigenvalue weighted by atomic mass is 10.1. The number of nitrogens with two attached hydrogens (primary N) is 1. The van der Waals surface area contributed by atoms with Crippen LogP contribution in [0, 0.1) is 6.92 Å². The lowest BCUT2D eigenvalue weighted by Crippen LogP contribution is -2.23. The van der Waals surface area contributed by atoms with E-state index < -0.39 is 0 Å². The van der Waals surface area contributed by atoms with Crippen LogP contribution < -0.4 is 11.1 Å². The van der Waals surface area contributed by atoms with Gasteiger partial charge in [-0.05, 0) is 25.0 Å². The van der Waals surface area contributed by atoms with Gasteiger partial charge in [-0.2, -0.15) is 0 Å². The number of methoxy groups -OCH3 is 1. The Hall–Kier alpha value is -2.70. The number of aryl methyl sites for hydroxylation is 1. The van der Waals surface area contributed by atoms with Crippen molar-refractivity contribution in [3.05, 3.63) is 70.0 Å². The number of aromatic nitrogens is 1. The number of hydrogen-bond donors (Lipinski definition) is 2. The predicted octanol–water partition coefficient (Wildman–Crippen LogP) is 4.23. The molecular weight excluding hydrogens is 356 g/mol. The first kappa shape index (κ1) is 19.1. The highest BCUT2D eigenvalue weighted by Gasteiger charge is 2.04. The Morgan fingerprint density at radius 3 is 2.67 bits per heavy atom. The highest BCUT2D eigenvalue weighted by Crippen LogP contribution is 2.22. The zero-order valence-corrected chi connectivity index (χ0v) is 16.4. The van der Waals surface area contributed by atoms with Crippen molar-refractivity contribution in [1.29, 1.82) is 0 Å². The van der Waals surface area contributed by atoms with Crippen molar-refractivity contribution in [2.75, 3.05) is 19.0 Å². The Bertz CT molecular complexity index is 903. The number of ether oxygens (including phenoxy) is 1. The molecule has 0 aliphatic rings. The molecule has 0 spiro atoms. The second kappa shape index (κ2) is 9.30. The number of rotatable bonds is 7. The molecule has 0 radical (unpaired) electrons. The lowest BCUT2D eigenvalue weighted by Gasteiger charge is -2.10. The Kier molecular flexibility index (Phi) is 6.57. The van der Waals surface area contributed by atoms with Crippen LogP contribution in [0.25, 0.3) is 11.3 Å². The molecule has 3 N–H and O–H groups in total. The number of nitrogens with one attached hydrogen (secondary N) is 1. The Morgan fingerprint density at radius 2 is 1.96 bits per heavy atom. The molecule has 0 amide bonds. The fraction of sp³-hybridized carbons (Fsp3) is 0.238. The third-order valence-corrected chi connectivity index (χ3v) is 4.90. The number of benzene rings is 2. The topological polar surface area (TPSA) is 72.5 Å². The van der Waals surface area contributed by atoms with E-state index in [1.165, 1.54) is 5.56 Å². The number of aliphatic imine (C=N–C) groups is 1. The summed E-state index contributed by atoms with van der Waals surface area (Å²) < 4.78 is 5.21. The normalized spacial score (nSPS) is 11.6. The third-order valence-electron chi connectivity index (χ3n) is 4.13. The van der Waals surface area contributed by atoms with Crippen LogP contribution in [0.1, 0.15) is 16.1 Å². The van der Waals surface area contributed by atoms with E-state index in [0.29, 0.717) is 19.1 Å². The van der Waals surface area contributed by atoms with Gasteiger partial charge < -0.3 is 15.8 Å². The molecule has 1 aromatic heterocycles. The molecule has 6 heteroatoms. The van der Waals surface area contributed by atoms with Gasteiger partial charge in [-0.3, -0.25) is 4.99 Å². The zero-order valence-electron chi connectivity index (χ0n) is 15.6. The summed E-state index contributed by atoms with van der Waals surface area (Å²) >= 11 is 1.67. The van der Waals surface area contributed by atoms with Gasteiger partial charge in [-0.1, -0.05) is 42.5 Å². The molecule has 1 heterocycles. The number of anilines is 1. The van der Waals surface area contributed by atoms with E-state index in [9.17, 15) is 0 Å². The molecule has 0 atom stereocenters. The average molecular weight is 381 g/mol. The predicted molar refractivity (Wildman–Crippen MR) is 113 cm³/mol. The van der Waals surface area contributed by atoms with Gasteiger partial charge in [0.2, 0.25) is 0 Å². The van der Waals surface area contributed by atoms with E-state index in [0.717, 1.165) is 33.9 Å². The highest BCUT2D eigenvalue weighted by molar-refractivity contribution is 7.09. The molecule has 0 saturated heterocycles. The van der Waals surface area contributed by atoms with Gasteiger partial charge in [0, 0.05) is 35.8 Å². The minimum absolute atomic E-state index is 0.410. The number of hydrogen-bond acceptors (Lipinski definition) is 4. The van der Waals surface area contributed by atoms with Gasteiger partial charge in [0.15, 0.2) is 5.96 Å². The summed E-state index contributed by atoms with van der Waals surface area (Å²) in [7, 11) is 1.68. The molecule has 140 valence electrons. The van der Waals surface area contributed by atoms with Crippen molar-refractivity contribution >= 4 is 23.0 Å². The van der Waals surface area contributed by atoms with Crippen molar-refractivity contribution in [1.82, 2.24) is 4.98 Å². The van der Waals surface area contributed by atoms with Crippen LogP contribution in [0.3, 0.4) is 0 Å². The van der Waals surface area contributed by atoms with Crippen LogP contribution in [-0.2, 0) is 17.8 Å². The minimum atomic E-state index is 0.410. The van der Waals surface area contributed by atoms with Gasteiger partial charge in [-0.15, -0.1) is 11.3 Å². The molecule has 2 aromatic carbocycles. The van der Waals surface area contributed by atoms with Gasteiger partial charge in [-0.25, -0.2) is 4.98 Å². The van der Waals surface area contributed by atoms with Crippen molar-refractivity contribution in [2.45, 2.75) is 20.0 Å². The number of thiazole rings is 1. The largest absolute Gasteiger partial charge is 0.380 e. The fourth-order valence-corrected chi connectivity index (χ4v) is 3.37. The number of guanidine groups is 1. The lowest BCUT2D eigenvalue weighted by molar-refractivity contribution is 0.185. The molecule has 0 aliphatic carbocycles. The van der Waals surface area contributed by atoms with Crippen LogP contribution in [0.4, 0.5) is 5.69 Å². The fourth-order valence-electron chi connectivity index (χ4n) is 2.74. The third kappa shape index (κ3) is 5.39. The van der Waals surface area contributed by atoms with Crippen LogP contribution >= 0.6 is 11.3 Å². The molecule has 0 bridgehead atoms. The molecule has 3 aromatic rings. The second-order valence-corrected chi connectivity index (χ2v) is 7.24. The van der Waals surface area contributed by atoms with Crippen molar-refractivity contribution < 1.29 is 4.74 Å². The van der Waals surface area contributed by atoms with E-state index in [1.54, 1.807) is 18.4 Å². The van der Waals surface area contributed by atoms with Crippen LogP contribution in [0.2, 0.25) is 0 Å². The summed E-state index contributed by atoms with van der Waals surface area (Å²) in [6, 6.07) is 16.4. The summed E-state index contributed by atoms with van der Waals surface area (Å²) in [5.41, 5.74) is 11.4. The van der Waals surface area contributed by atoms with E-state index in [4.69, 9.17) is 10.5 Å². The molecule has 3 rings (SSSR count). The summed E-state index contributed by atoms with van der Waals surface area (Å²) in [5.74, 6) is 0.410. The maximum absolute atomic E-state index is 6.03. The molecule has 27 heavy (non-hydrogen) atoms. The zero-order chi connectivity index (χ0) is 19.1. The van der Waals surface area contributed by atoms with Gasteiger partial charge in [0.25, 0.3) is 0 Å². The SMILES string of the molecule is COCc1ccccc1NC(N)=NCCc1ccc(-c2csc(C)n2)cc1. The van der Waals surface area contributed by atoms with Gasteiger partial charge in [0.05, 0.1) is 17.3 Å². The summed E-state index contributed by atoms with van der Waals surface area (Å²) in [4.78, 5) is 8.95. The van der Waals surface area contributed by atoms with Crippen molar-refractivity contribution in [2.24, 2.45) is 10.7 Å². The maximum atomic E-state index is 6.03. The van der Waals surface area contributed by atoms with Gasteiger partial charge >= 0.3 is 0 Å². The van der Waals surface area contributed by atoms with Crippen LogP contribution in [0.5, 0.6) is 0 Å². The van der Waals surface area contributed by atoms with E-state index in [-0.39, 0.29) is 0 Å². The van der Waals surface area contributed by atoms with E-state index >= 15 is 0 Å². The summed E-state index contributed by atoms with van der Waals surface area (Å²) in [6.07, 6.45) is 0.832. The number of nitrogens with zero attached hydrogens (tertiary/aromatic N) is 2. The molecule has 0 fully saturated rings. The standard InChI is InChI=1S/C21H24N4OS/c1-15-24-20(14-27-15)17-9-7-16(8-10-17)11-12-23-21(22)25-19-6-4-3-5-18(19)13-26-2/h3-10,14H,11-13H2,1-2H3,(H3,22,23,25). The first-order valence-corrected chi connectivity index (χ1v) is 9.69. The highest BCUT2D eigenvalue weighted by atomic mass is 32.1. The Balaban J connectivity index is 1.55. The van der Waals surface area contributed by atoms with Crippen LogP contribution in [-0.4, -0.2) is 24.6 Å². The van der Waals surface area contributed by atoms with Crippen molar-refractivity contribution in [3.63, 3.8) is 0 Å². The van der Waals surface area contributed by atoms with Crippen LogP contribution in [0.15, 0.2) is 58.9 Å². The quantitative estimate of drug-likeness (QED) is 0.475. The minimum Gasteiger partial charge on any atom is -0.380 e. The summed E-state index contributed by atoms with van der Waals surface area (Å²) in [6.45, 7) is 3.18. The smallest absolute Gasteiger partial charge is 0.193 e.